The van der Waals surface area contributed by atoms with Crippen LogP contribution in [0.3, 0.4) is 0 Å². The van der Waals surface area contributed by atoms with Crippen molar-refractivity contribution in [1.29, 1.82) is 0 Å². The Morgan fingerprint density at radius 1 is 0.895 bits per heavy atom. The van der Waals surface area contributed by atoms with Crippen LogP contribution in [0, 0.1) is 13.8 Å². The molecule has 108 valence electrons. The van der Waals surface area contributed by atoms with Crippen molar-refractivity contribution in [3.8, 4) is 5.75 Å². The van der Waals surface area contributed by atoms with E-state index in [-0.39, 0.29) is 0 Å². The van der Waals surface area contributed by atoms with Crippen molar-refractivity contribution in [2.75, 3.05) is 6.61 Å². The van der Waals surface area contributed by atoms with Gasteiger partial charge in [0, 0.05) is 11.0 Å². The molecule has 1 spiro atoms. The highest BCUT2D eigenvalue weighted by atomic mass is 16.5. The van der Waals surface area contributed by atoms with E-state index in [0.29, 0.717) is 5.41 Å². The summed E-state index contributed by atoms with van der Waals surface area (Å²) in [6.07, 6.45) is 5.39. The van der Waals surface area contributed by atoms with Crippen LogP contribution in [-0.4, -0.2) is 6.61 Å². The predicted octanol–water partition coefficient (Wildman–Crippen LogP) is 5.56. The molecule has 1 aromatic rings. The summed E-state index contributed by atoms with van der Waals surface area (Å²) in [5, 5.41) is 0. The first kappa shape index (κ1) is 16.1. The third kappa shape index (κ3) is 2.80. The zero-order chi connectivity index (χ0) is 14.5. The van der Waals surface area contributed by atoms with Gasteiger partial charge >= 0.3 is 0 Å². The average Bonchev–Trinajstić information content (AvgIpc) is 3.09. The molecule has 2 aliphatic rings. The fraction of sp³-hybridized carbons (Fsp3) is 0.667. The molecule has 0 radical (unpaired) electrons. The lowest BCUT2D eigenvalue weighted by molar-refractivity contribution is 0.266. The third-order valence-corrected chi connectivity index (χ3v) is 4.15. The van der Waals surface area contributed by atoms with Gasteiger partial charge in [0.05, 0.1) is 6.61 Å². The Hall–Kier alpha value is -0.980. The SMILES string of the molecule is CC.CC.Cc1ccc(C)c2c1OCC21CCCC1. The maximum atomic E-state index is 5.95. The second kappa shape index (κ2) is 6.98. The van der Waals surface area contributed by atoms with Gasteiger partial charge in [0.15, 0.2) is 0 Å². The van der Waals surface area contributed by atoms with E-state index < -0.39 is 0 Å². The van der Waals surface area contributed by atoms with Crippen LogP contribution in [0.15, 0.2) is 12.1 Å². The maximum absolute atomic E-state index is 5.95. The molecule has 0 aromatic heterocycles. The second-order valence-electron chi connectivity index (χ2n) is 5.18. The van der Waals surface area contributed by atoms with Gasteiger partial charge in [-0.05, 0) is 37.8 Å². The molecule has 0 N–H and O–H groups in total. The molecule has 0 atom stereocenters. The minimum absolute atomic E-state index is 0.380. The first-order chi connectivity index (χ1) is 9.23. The molecule has 1 aromatic carbocycles. The molecule has 0 bridgehead atoms. The number of ether oxygens (including phenoxy) is 1. The standard InChI is InChI=1S/C14H18O.2C2H6/c1-10-5-6-11(2)13-12(10)14(9-15-13)7-3-4-8-14;2*1-2/h5-6H,3-4,7-9H2,1-2H3;2*1-2H3. The Kier molecular flexibility index (Phi) is 5.90. The average molecular weight is 262 g/mol. The molecule has 0 amide bonds. The van der Waals surface area contributed by atoms with Crippen LogP contribution in [0.2, 0.25) is 0 Å². The zero-order valence-corrected chi connectivity index (χ0v) is 13.6. The van der Waals surface area contributed by atoms with E-state index in [1.807, 2.05) is 27.7 Å². The third-order valence-electron chi connectivity index (χ3n) is 4.15. The lowest BCUT2D eigenvalue weighted by Crippen LogP contribution is -2.24. The Balaban J connectivity index is 0.000000415. The van der Waals surface area contributed by atoms with E-state index >= 15 is 0 Å². The fourth-order valence-electron chi connectivity index (χ4n) is 3.36. The molecule has 1 fully saturated rings. The zero-order valence-electron chi connectivity index (χ0n) is 13.6. The minimum atomic E-state index is 0.380. The monoisotopic (exact) mass is 262 g/mol. The number of rotatable bonds is 0. The molecule has 0 unspecified atom stereocenters. The van der Waals surface area contributed by atoms with Gasteiger partial charge in [0.2, 0.25) is 0 Å². The van der Waals surface area contributed by atoms with Gasteiger partial charge < -0.3 is 4.74 Å². The number of fused-ring (bicyclic) bond motifs is 2. The van der Waals surface area contributed by atoms with Crippen LogP contribution in [-0.2, 0) is 5.41 Å². The Morgan fingerprint density at radius 3 is 2.00 bits per heavy atom. The summed E-state index contributed by atoms with van der Waals surface area (Å²) in [6, 6.07) is 4.44. The minimum Gasteiger partial charge on any atom is -0.492 e. The highest BCUT2D eigenvalue weighted by molar-refractivity contribution is 5.53. The van der Waals surface area contributed by atoms with Crippen molar-refractivity contribution in [1.82, 2.24) is 0 Å². The van der Waals surface area contributed by atoms with E-state index in [9.17, 15) is 0 Å². The Bertz CT molecular complexity index is 400. The fourth-order valence-corrected chi connectivity index (χ4v) is 3.36. The molecule has 3 rings (SSSR count). The summed E-state index contributed by atoms with van der Waals surface area (Å²) < 4.78 is 5.95. The van der Waals surface area contributed by atoms with Gasteiger partial charge in [0.1, 0.15) is 5.75 Å². The van der Waals surface area contributed by atoms with Crippen molar-refractivity contribution in [3.05, 3.63) is 28.8 Å². The maximum Gasteiger partial charge on any atom is 0.126 e. The quantitative estimate of drug-likeness (QED) is 0.594. The highest BCUT2D eigenvalue weighted by Crippen LogP contribution is 2.51. The molecular weight excluding hydrogens is 232 g/mol. The van der Waals surface area contributed by atoms with E-state index in [2.05, 4.69) is 26.0 Å². The molecule has 19 heavy (non-hydrogen) atoms. The second-order valence-corrected chi connectivity index (χ2v) is 5.18. The summed E-state index contributed by atoms with van der Waals surface area (Å²) in [5.41, 5.74) is 4.64. The summed E-state index contributed by atoms with van der Waals surface area (Å²) in [4.78, 5) is 0. The van der Waals surface area contributed by atoms with Crippen LogP contribution in [0.1, 0.15) is 70.1 Å². The Labute approximate surface area is 119 Å². The molecule has 1 aliphatic carbocycles. The predicted molar refractivity (Wildman–Crippen MR) is 84.3 cm³/mol. The van der Waals surface area contributed by atoms with Gasteiger partial charge in [-0.25, -0.2) is 0 Å². The van der Waals surface area contributed by atoms with Crippen molar-refractivity contribution < 1.29 is 4.74 Å². The van der Waals surface area contributed by atoms with Crippen LogP contribution < -0.4 is 4.74 Å². The first-order valence-electron chi connectivity index (χ1n) is 7.96. The summed E-state index contributed by atoms with van der Waals surface area (Å²) in [5.74, 6) is 1.19. The normalized spacial score (nSPS) is 17.8. The van der Waals surface area contributed by atoms with E-state index in [1.54, 1.807) is 0 Å². The largest absolute Gasteiger partial charge is 0.492 e. The van der Waals surface area contributed by atoms with Gasteiger partial charge in [-0.3, -0.25) is 0 Å². The van der Waals surface area contributed by atoms with E-state index in [1.165, 1.54) is 48.1 Å². The molecular formula is C18H30O. The molecule has 0 saturated heterocycles. The molecule has 1 aliphatic heterocycles. The highest BCUT2D eigenvalue weighted by Gasteiger charge is 2.44. The lowest BCUT2D eigenvalue weighted by atomic mass is 9.78. The number of benzene rings is 1. The van der Waals surface area contributed by atoms with Crippen molar-refractivity contribution in [3.63, 3.8) is 0 Å². The van der Waals surface area contributed by atoms with E-state index in [0.717, 1.165) is 6.61 Å². The molecule has 1 nitrogen and oxygen atoms in total. The van der Waals surface area contributed by atoms with Crippen molar-refractivity contribution in [2.45, 2.75) is 72.6 Å². The summed E-state index contributed by atoms with van der Waals surface area (Å²) in [6.45, 7) is 13.3. The smallest absolute Gasteiger partial charge is 0.126 e. The topological polar surface area (TPSA) is 9.23 Å². The number of aryl methyl sites for hydroxylation is 2. The van der Waals surface area contributed by atoms with Crippen LogP contribution in [0.25, 0.3) is 0 Å². The van der Waals surface area contributed by atoms with Crippen LogP contribution >= 0.6 is 0 Å². The summed E-state index contributed by atoms with van der Waals surface area (Å²) >= 11 is 0. The molecule has 1 heteroatoms. The summed E-state index contributed by atoms with van der Waals surface area (Å²) in [7, 11) is 0. The van der Waals surface area contributed by atoms with Gasteiger partial charge in [-0.15, -0.1) is 0 Å². The van der Waals surface area contributed by atoms with Gasteiger partial charge in [-0.2, -0.15) is 0 Å². The van der Waals surface area contributed by atoms with Gasteiger partial charge in [0.25, 0.3) is 0 Å². The first-order valence-corrected chi connectivity index (χ1v) is 7.96. The number of hydrogen-bond acceptors (Lipinski definition) is 1. The molecule has 1 saturated carbocycles. The Morgan fingerprint density at radius 2 is 1.42 bits per heavy atom. The van der Waals surface area contributed by atoms with Crippen LogP contribution in [0.5, 0.6) is 5.75 Å². The van der Waals surface area contributed by atoms with Crippen molar-refractivity contribution >= 4 is 0 Å². The van der Waals surface area contributed by atoms with Crippen LogP contribution in [0.4, 0.5) is 0 Å². The van der Waals surface area contributed by atoms with Gasteiger partial charge in [-0.1, -0.05) is 52.7 Å². The lowest BCUT2D eigenvalue weighted by Gasteiger charge is -2.22. The number of hydrogen-bond donors (Lipinski definition) is 0. The van der Waals surface area contributed by atoms with E-state index in [4.69, 9.17) is 4.74 Å². The van der Waals surface area contributed by atoms with Crippen molar-refractivity contribution in [2.24, 2.45) is 0 Å². The molecule has 1 heterocycles.